The summed E-state index contributed by atoms with van der Waals surface area (Å²) in [5.74, 6) is 0. The Kier molecular flexibility index (Phi) is 4.14. The molecule has 0 bridgehead atoms. The number of benzene rings is 2. The minimum absolute atomic E-state index is 0.113. The second-order valence-corrected chi connectivity index (χ2v) is 5.84. The van der Waals surface area contributed by atoms with E-state index in [0.717, 1.165) is 13.1 Å². The first-order valence-corrected chi connectivity index (χ1v) is 7.85. The average Bonchev–Trinajstić information content (AvgIpc) is 2.96. The van der Waals surface area contributed by atoms with E-state index in [0.29, 0.717) is 0 Å². The van der Waals surface area contributed by atoms with Crippen LogP contribution in [0.3, 0.4) is 0 Å². The van der Waals surface area contributed by atoms with Crippen molar-refractivity contribution < 1.29 is 4.79 Å². The highest BCUT2D eigenvalue weighted by atomic mass is 16.2. The molecule has 3 rings (SSSR count). The van der Waals surface area contributed by atoms with Gasteiger partial charge in [0.05, 0.1) is 12.1 Å². The topological polar surface area (TPSA) is 23.6 Å². The molecule has 2 atom stereocenters. The van der Waals surface area contributed by atoms with E-state index in [1.807, 2.05) is 46.2 Å². The summed E-state index contributed by atoms with van der Waals surface area (Å²) in [4.78, 5) is 16.7. The van der Waals surface area contributed by atoms with Crippen LogP contribution < -0.4 is 0 Å². The minimum Gasteiger partial charge on any atom is -0.316 e. The van der Waals surface area contributed by atoms with Crippen molar-refractivity contribution in [2.75, 3.05) is 13.1 Å². The van der Waals surface area contributed by atoms with Gasteiger partial charge in [-0.3, -0.25) is 0 Å². The lowest BCUT2D eigenvalue weighted by molar-refractivity contribution is 0.170. The second-order valence-electron chi connectivity index (χ2n) is 5.84. The Morgan fingerprint density at radius 3 is 1.45 bits per heavy atom. The van der Waals surface area contributed by atoms with Crippen molar-refractivity contribution in [3.8, 4) is 0 Å². The van der Waals surface area contributed by atoms with Crippen molar-refractivity contribution >= 4 is 6.03 Å². The number of carbonyl (C=O) groups is 1. The Morgan fingerprint density at radius 1 is 0.727 bits per heavy atom. The normalized spacial score (nSPS) is 17.6. The van der Waals surface area contributed by atoms with Gasteiger partial charge in [-0.2, -0.15) is 0 Å². The summed E-state index contributed by atoms with van der Waals surface area (Å²) < 4.78 is 0. The van der Waals surface area contributed by atoms with Crippen molar-refractivity contribution in [1.82, 2.24) is 9.80 Å². The number of hydrogen-bond acceptors (Lipinski definition) is 1. The molecule has 0 N–H and O–H groups in total. The van der Waals surface area contributed by atoms with Crippen LogP contribution in [0.5, 0.6) is 0 Å². The van der Waals surface area contributed by atoms with Crippen molar-refractivity contribution in [3.05, 3.63) is 71.8 Å². The molecule has 0 unspecified atom stereocenters. The molecule has 1 saturated heterocycles. The van der Waals surface area contributed by atoms with Gasteiger partial charge in [-0.15, -0.1) is 0 Å². The van der Waals surface area contributed by atoms with E-state index < -0.39 is 0 Å². The SMILES string of the molecule is C[C@@H](c1ccccc1)N1CCN([C@@H](C)c2ccccc2)C1=O. The van der Waals surface area contributed by atoms with Crippen molar-refractivity contribution in [3.63, 3.8) is 0 Å². The fourth-order valence-electron chi connectivity index (χ4n) is 3.11. The molecular formula is C19H22N2O. The van der Waals surface area contributed by atoms with Gasteiger partial charge in [0.2, 0.25) is 0 Å². The number of carbonyl (C=O) groups excluding carboxylic acids is 1. The van der Waals surface area contributed by atoms with Crippen molar-refractivity contribution in [2.45, 2.75) is 25.9 Å². The number of hydrogen-bond donors (Lipinski definition) is 0. The molecule has 0 radical (unpaired) electrons. The maximum absolute atomic E-state index is 12.8. The maximum atomic E-state index is 12.8. The molecule has 2 amide bonds. The van der Waals surface area contributed by atoms with Gasteiger partial charge in [0.15, 0.2) is 0 Å². The molecule has 1 aliphatic heterocycles. The van der Waals surface area contributed by atoms with E-state index in [9.17, 15) is 4.79 Å². The van der Waals surface area contributed by atoms with Crippen molar-refractivity contribution in [2.24, 2.45) is 0 Å². The Hall–Kier alpha value is -2.29. The largest absolute Gasteiger partial charge is 0.321 e. The first kappa shape index (κ1) is 14.6. The average molecular weight is 294 g/mol. The van der Waals surface area contributed by atoms with Gasteiger partial charge in [0.1, 0.15) is 0 Å². The Morgan fingerprint density at radius 2 is 1.09 bits per heavy atom. The van der Waals surface area contributed by atoms with Crippen LogP contribution in [0.1, 0.15) is 37.1 Å². The summed E-state index contributed by atoms with van der Waals surface area (Å²) in [6, 6.07) is 20.8. The number of rotatable bonds is 4. The molecule has 114 valence electrons. The molecular weight excluding hydrogens is 272 g/mol. The summed E-state index contributed by atoms with van der Waals surface area (Å²) >= 11 is 0. The van der Waals surface area contributed by atoms with Crippen molar-refractivity contribution in [1.29, 1.82) is 0 Å². The van der Waals surface area contributed by atoms with Gasteiger partial charge in [0, 0.05) is 13.1 Å². The fourth-order valence-corrected chi connectivity index (χ4v) is 3.11. The summed E-state index contributed by atoms with van der Waals surface area (Å²) in [6.45, 7) is 5.77. The first-order chi connectivity index (χ1) is 10.7. The zero-order valence-electron chi connectivity index (χ0n) is 13.1. The first-order valence-electron chi connectivity index (χ1n) is 7.85. The standard InChI is InChI=1S/C19H22N2O/c1-15(17-9-5-3-6-10-17)20-13-14-21(19(20)22)16(2)18-11-7-4-8-12-18/h3-12,15-16H,13-14H2,1-2H3/t15-,16-/m0/s1. The molecule has 0 spiro atoms. The lowest BCUT2D eigenvalue weighted by Gasteiger charge is -2.28. The van der Waals surface area contributed by atoms with Crippen LogP contribution in [0.25, 0.3) is 0 Å². The molecule has 3 heteroatoms. The zero-order chi connectivity index (χ0) is 15.5. The van der Waals surface area contributed by atoms with Gasteiger partial charge < -0.3 is 9.80 Å². The summed E-state index contributed by atoms with van der Waals surface area (Å²) in [5.41, 5.74) is 2.37. The van der Waals surface area contributed by atoms with E-state index in [1.54, 1.807) is 0 Å². The fraction of sp³-hybridized carbons (Fsp3) is 0.316. The van der Waals surface area contributed by atoms with Crippen LogP contribution in [-0.2, 0) is 0 Å². The van der Waals surface area contributed by atoms with Crippen LogP contribution in [0.15, 0.2) is 60.7 Å². The number of urea groups is 1. The highest BCUT2D eigenvalue weighted by Crippen LogP contribution is 2.29. The Balaban J connectivity index is 1.75. The molecule has 3 nitrogen and oxygen atoms in total. The third-order valence-electron chi connectivity index (χ3n) is 4.57. The lowest BCUT2D eigenvalue weighted by atomic mass is 10.1. The predicted molar refractivity (Wildman–Crippen MR) is 88.5 cm³/mol. The van der Waals surface area contributed by atoms with Gasteiger partial charge in [-0.25, -0.2) is 4.79 Å². The smallest absolute Gasteiger partial charge is 0.316 e. The molecule has 1 aliphatic rings. The van der Waals surface area contributed by atoms with Crippen LogP contribution >= 0.6 is 0 Å². The number of nitrogens with zero attached hydrogens (tertiary/aromatic N) is 2. The zero-order valence-corrected chi connectivity index (χ0v) is 13.1. The van der Waals surface area contributed by atoms with E-state index >= 15 is 0 Å². The van der Waals surface area contributed by atoms with E-state index in [-0.39, 0.29) is 18.1 Å². The van der Waals surface area contributed by atoms with Gasteiger partial charge in [-0.1, -0.05) is 60.7 Å². The van der Waals surface area contributed by atoms with Gasteiger partial charge in [-0.05, 0) is 25.0 Å². The van der Waals surface area contributed by atoms with Gasteiger partial charge >= 0.3 is 6.03 Å². The maximum Gasteiger partial charge on any atom is 0.321 e. The molecule has 0 aromatic heterocycles. The second kappa shape index (κ2) is 6.22. The molecule has 22 heavy (non-hydrogen) atoms. The monoisotopic (exact) mass is 294 g/mol. The Bertz CT molecular complexity index is 571. The van der Waals surface area contributed by atoms with E-state index in [1.165, 1.54) is 11.1 Å². The summed E-state index contributed by atoms with van der Waals surface area (Å²) in [7, 11) is 0. The molecule has 2 aromatic carbocycles. The summed E-state index contributed by atoms with van der Waals surface area (Å²) in [5, 5.41) is 0. The van der Waals surface area contributed by atoms with Crippen LogP contribution in [-0.4, -0.2) is 28.9 Å². The summed E-state index contributed by atoms with van der Waals surface area (Å²) in [6.07, 6.45) is 0. The molecule has 0 aliphatic carbocycles. The highest BCUT2D eigenvalue weighted by molar-refractivity contribution is 5.77. The Labute approximate surface area is 132 Å². The highest BCUT2D eigenvalue weighted by Gasteiger charge is 2.35. The van der Waals surface area contributed by atoms with Crippen LogP contribution in [0, 0.1) is 0 Å². The minimum atomic E-state index is 0.113. The molecule has 1 fully saturated rings. The quantitative estimate of drug-likeness (QED) is 0.827. The molecule has 2 aromatic rings. The van der Waals surface area contributed by atoms with E-state index in [2.05, 4.69) is 38.1 Å². The van der Waals surface area contributed by atoms with Crippen LogP contribution in [0.2, 0.25) is 0 Å². The number of amides is 2. The predicted octanol–water partition coefficient (Wildman–Crippen LogP) is 4.25. The lowest BCUT2D eigenvalue weighted by Crippen LogP contribution is -2.35. The van der Waals surface area contributed by atoms with Gasteiger partial charge in [0.25, 0.3) is 0 Å². The third kappa shape index (κ3) is 2.71. The van der Waals surface area contributed by atoms with Crippen LogP contribution in [0.4, 0.5) is 4.79 Å². The molecule has 0 saturated carbocycles. The molecule has 1 heterocycles. The van der Waals surface area contributed by atoms with E-state index in [4.69, 9.17) is 0 Å². The third-order valence-corrected chi connectivity index (χ3v) is 4.57.